The molecule has 2 heterocycles. The van der Waals surface area contributed by atoms with Gasteiger partial charge in [0, 0.05) is 32.0 Å². The van der Waals surface area contributed by atoms with Crippen LogP contribution in [0.5, 0.6) is 0 Å². The van der Waals surface area contributed by atoms with Crippen LogP contribution in [0.15, 0.2) is 20.1 Å². The molecule has 2 aromatic rings. The van der Waals surface area contributed by atoms with Gasteiger partial charge < -0.3 is 19.7 Å². The lowest BCUT2D eigenvalue weighted by molar-refractivity contribution is 0.367. The number of aliphatic imine (C=N–C) groups is 1. The maximum atomic E-state index is 5.39. The predicted octanol–water partition coefficient (Wildman–Crippen LogP) is 2.80. The molecule has 0 aromatic carbocycles. The molecule has 8 nitrogen and oxygen atoms in total. The Morgan fingerprint density at radius 3 is 2.56 bits per heavy atom. The molecule has 0 radical (unpaired) electrons. The molecule has 25 heavy (non-hydrogen) atoms. The van der Waals surface area contributed by atoms with Gasteiger partial charge in [-0.1, -0.05) is 24.2 Å². The number of rotatable bonds is 8. The first-order valence-electron chi connectivity index (χ1n) is 8.35. The third kappa shape index (κ3) is 6.63. The molecule has 0 spiro atoms. The molecule has 0 saturated carbocycles. The molecule has 2 N–H and O–H groups in total. The molecule has 2 aromatic heterocycles. The summed E-state index contributed by atoms with van der Waals surface area (Å²) in [4.78, 5) is 8.34. The Hall–Kier alpha value is -1.65. The van der Waals surface area contributed by atoms with Gasteiger partial charge in [0.2, 0.25) is 5.89 Å². The SMILES string of the molecule is CCC(CC)c1cc(CNC(=NC)NCCc2nc(C)no2)on1.I. The quantitative estimate of drug-likeness (QED) is 0.354. The summed E-state index contributed by atoms with van der Waals surface area (Å²) in [5.41, 5.74) is 1.02. The van der Waals surface area contributed by atoms with E-state index in [0.29, 0.717) is 43.1 Å². The molecule has 140 valence electrons. The first kappa shape index (κ1) is 21.4. The Labute approximate surface area is 165 Å². The molecule has 0 bridgehead atoms. The molecule has 0 aliphatic heterocycles. The molecule has 0 unspecified atom stereocenters. The Morgan fingerprint density at radius 2 is 1.96 bits per heavy atom. The van der Waals surface area contributed by atoms with E-state index in [0.717, 1.165) is 24.3 Å². The lowest BCUT2D eigenvalue weighted by Crippen LogP contribution is -2.37. The van der Waals surface area contributed by atoms with Crippen molar-refractivity contribution in [2.75, 3.05) is 13.6 Å². The average Bonchev–Trinajstić information content (AvgIpc) is 3.21. The van der Waals surface area contributed by atoms with Crippen molar-refractivity contribution < 1.29 is 9.05 Å². The first-order valence-corrected chi connectivity index (χ1v) is 8.35. The normalized spacial score (nSPS) is 11.5. The zero-order valence-electron chi connectivity index (χ0n) is 15.2. The van der Waals surface area contributed by atoms with Gasteiger partial charge in [0.25, 0.3) is 0 Å². The van der Waals surface area contributed by atoms with Crippen molar-refractivity contribution in [1.29, 1.82) is 0 Å². The Kier molecular flexibility index (Phi) is 9.46. The van der Waals surface area contributed by atoms with Crippen LogP contribution in [-0.2, 0) is 13.0 Å². The minimum absolute atomic E-state index is 0. The van der Waals surface area contributed by atoms with E-state index < -0.39 is 0 Å². The number of nitrogens with one attached hydrogen (secondary N) is 2. The van der Waals surface area contributed by atoms with Crippen molar-refractivity contribution in [2.45, 2.75) is 52.5 Å². The summed E-state index contributed by atoms with van der Waals surface area (Å²) in [6.07, 6.45) is 2.77. The van der Waals surface area contributed by atoms with Crippen molar-refractivity contribution in [2.24, 2.45) is 4.99 Å². The zero-order valence-corrected chi connectivity index (χ0v) is 17.5. The van der Waals surface area contributed by atoms with Gasteiger partial charge >= 0.3 is 0 Å². The molecular formula is C16H27IN6O2. The number of hydrogen-bond donors (Lipinski definition) is 2. The molecule has 0 amide bonds. The van der Waals surface area contributed by atoms with Gasteiger partial charge in [-0.2, -0.15) is 4.98 Å². The molecule has 0 atom stereocenters. The number of halogens is 1. The fraction of sp³-hybridized carbons (Fsp3) is 0.625. The van der Waals surface area contributed by atoms with Gasteiger partial charge in [0.1, 0.15) is 0 Å². The van der Waals surface area contributed by atoms with Crippen molar-refractivity contribution in [3.63, 3.8) is 0 Å². The highest BCUT2D eigenvalue weighted by Gasteiger charge is 2.13. The van der Waals surface area contributed by atoms with E-state index >= 15 is 0 Å². The molecular weight excluding hydrogens is 435 g/mol. The summed E-state index contributed by atoms with van der Waals surface area (Å²) >= 11 is 0. The van der Waals surface area contributed by atoms with Crippen LogP contribution < -0.4 is 10.6 Å². The minimum Gasteiger partial charge on any atom is -0.359 e. The highest BCUT2D eigenvalue weighted by atomic mass is 127. The lowest BCUT2D eigenvalue weighted by Gasteiger charge is -2.09. The highest BCUT2D eigenvalue weighted by Crippen LogP contribution is 2.22. The minimum atomic E-state index is 0. The third-order valence-corrected chi connectivity index (χ3v) is 3.84. The largest absolute Gasteiger partial charge is 0.359 e. The van der Waals surface area contributed by atoms with Gasteiger partial charge in [-0.3, -0.25) is 4.99 Å². The summed E-state index contributed by atoms with van der Waals surface area (Å²) in [6, 6.07) is 2.01. The molecule has 0 fully saturated rings. The number of hydrogen-bond acceptors (Lipinski definition) is 6. The summed E-state index contributed by atoms with van der Waals surface area (Å²) in [7, 11) is 1.72. The second kappa shape index (κ2) is 11.1. The van der Waals surface area contributed by atoms with Crippen LogP contribution in [0.2, 0.25) is 0 Å². The number of aromatic nitrogens is 3. The topological polar surface area (TPSA) is 101 Å². The summed E-state index contributed by atoms with van der Waals surface area (Å²) in [5.74, 6) is 3.20. The van der Waals surface area contributed by atoms with Crippen LogP contribution in [0.3, 0.4) is 0 Å². The number of nitrogens with zero attached hydrogens (tertiary/aromatic N) is 4. The van der Waals surface area contributed by atoms with E-state index in [9.17, 15) is 0 Å². The van der Waals surface area contributed by atoms with Gasteiger partial charge in [0.05, 0.1) is 12.2 Å². The molecule has 2 rings (SSSR count). The fourth-order valence-corrected chi connectivity index (χ4v) is 2.43. The van der Waals surface area contributed by atoms with Crippen molar-refractivity contribution in [1.82, 2.24) is 25.9 Å². The lowest BCUT2D eigenvalue weighted by atomic mass is 9.99. The van der Waals surface area contributed by atoms with Crippen molar-refractivity contribution in [3.05, 3.63) is 29.2 Å². The monoisotopic (exact) mass is 462 g/mol. The standard InChI is InChI=1S/C16H26N6O2.HI/c1-5-12(6-2)14-9-13(23-22-14)10-19-16(17-4)18-8-7-15-20-11(3)21-24-15;/h9,12H,5-8,10H2,1-4H3,(H2,17,18,19);1H. The van der Waals surface area contributed by atoms with Crippen molar-refractivity contribution >= 4 is 29.9 Å². The number of guanidine groups is 1. The van der Waals surface area contributed by atoms with Gasteiger partial charge in [-0.25, -0.2) is 0 Å². The highest BCUT2D eigenvalue weighted by molar-refractivity contribution is 14.0. The van der Waals surface area contributed by atoms with Crippen LogP contribution in [0.4, 0.5) is 0 Å². The van der Waals surface area contributed by atoms with Crippen LogP contribution >= 0.6 is 24.0 Å². The second-order valence-corrected chi connectivity index (χ2v) is 5.57. The Balaban J connectivity index is 0.00000312. The molecule has 0 saturated heterocycles. The maximum absolute atomic E-state index is 5.39. The van der Waals surface area contributed by atoms with Crippen LogP contribution in [0.25, 0.3) is 0 Å². The molecule has 0 aliphatic carbocycles. The maximum Gasteiger partial charge on any atom is 0.228 e. The predicted molar refractivity (Wildman–Crippen MR) is 106 cm³/mol. The summed E-state index contributed by atoms with van der Waals surface area (Å²) in [5, 5.41) is 14.3. The van der Waals surface area contributed by atoms with Crippen LogP contribution in [0, 0.1) is 6.92 Å². The van der Waals surface area contributed by atoms with E-state index in [4.69, 9.17) is 9.05 Å². The fourth-order valence-electron chi connectivity index (χ4n) is 2.43. The van der Waals surface area contributed by atoms with Crippen molar-refractivity contribution in [3.8, 4) is 0 Å². The molecule has 9 heteroatoms. The van der Waals surface area contributed by atoms with Crippen LogP contribution in [-0.4, -0.2) is 34.8 Å². The van der Waals surface area contributed by atoms with Gasteiger partial charge in [-0.15, -0.1) is 24.0 Å². The third-order valence-electron chi connectivity index (χ3n) is 3.84. The average molecular weight is 462 g/mol. The Morgan fingerprint density at radius 1 is 1.20 bits per heavy atom. The van der Waals surface area contributed by atoms with E-state index in [1.54, 1.807) is 14.0 Å². The van der Waals surface area contributed by atoms with Gasteiger partial charge in [-0.05, 0) is 19.8 Å². The van der Waals surface area contributed by atoms with E-state index in [1.165, 1.54) is 0 Å². The summed E-state index contributed by atoms with van der Waals surface area (Å²) in [6.45, 7) is 7.31. The number of aryl methyl sites for hydroxylation is 1. The van der Waals surface area contributed by atoms with E-state index in [2.05, 4.69) is 44.8 Å². The second-order valence-electron chi connectivity index (χ2n) is 5.57. The molecule has 0 aliphatic rings. The first-order chi connectivity index (χ1) is 11.7. The smallest absolute Gasteiger partial charge is 0.228 e. The zero-order chi connectivity index (χ0) is 17.4. The Bertz CT molecular complexity index is 651. The van der Waals surface area contributed by atoms with E-state index in [1.807, 2.05) is 6.07 Å². The van der Waals surface area contributed by atoms with Crippen LogP contribution in [0.1, 0.15) is 55.8 Å². The van der Waals surface area contributed by atoms with Gasteiger partial charge in [0.15, 0.2) is 17.5 Å². The van der Waals surface area contributed by atoms with E-state index in [-0.39, 0.29) is 24.0 Å². The summed E-state index contributed by atoms with van der Waals surface area (Å²) < 4.78 is 10.5.